The topological polar surface area (TPSA) is 49.7 Å². The average molecular weight is 212 g/mol. The van der Waals surface area contributed by atoms with Crippen molar-refractivity contribution >= 4 is 0 Å². The molecule has 15 heavy (non-hydrogen) atoms. The first-order valence-electron chi connectivity index (χ1n) is 5.08. The molecule has 0 bridgehead atoms. The highest BCUT2D eigenvalue weighted by Crippen LogP contribution is 2.08. The molecule has 0 aliphatic rings. The molecule has 0 aromatic carbocycles. The van der Waals surface area contributed by atoms with Crippen LogP contribution < -0.4 is 0 Å². The van der Waals surface area contributed by atoms with Gasteiger partial charge in [-0.05, 0) is 18.9 Å². The van der Waals surface area contributed by atoms with Gasteiger partial charge in [-0.1, -0.05) is 12.2 Å². The second-order valence-corrected chi connectivity index (χ2v) is 3.18. The minimum absolute atomic E-state index is 0.129. The van der Waals surface area contributed by atoms with Gasteiger partial charge >= 0.3 is 0 Å². The average Bonchev–Trinajstić information content (AvgIpc) is 2.22. The molecule has 0 amide bonds. The first kappa shape index (κ1) is 13.9. The van der Waals surface area contributed by atoms with Crippen molar-refractivity contribution in [2.75, 3.05) is 13.2 Å². The number of allylic oxidation sites excluding steroid dienone is 1. The van der Waals surface area contributed by atoms with E-state index in [0.29, 0.717) is 25.9 Å². The van der Waals surface area contributed by atoms with E-state index >= 15 is 0 Å². The molecule has 1 unspecified atom stereocenters. The Morgan fingerprint density at radius 3 is 2.60 bits per heavy atom. The summed E-state index contributed by atoms with van der Waals surface area (Å²) in [6.45, 7) is 7.66. The molecule has 3 heteroatoms. The Labute approximate surface area is 91.4 Å². The molecule has 0 heterocycles. The quantitative estimate of drug-likeness (QED) is 0.455. The van der Waals surface area contributed by atoms with E-state index in [4.69, 9.17) is 9.84 Å². The maximum absolute atomic E-state index is 9.44. The third-order valence-corrected chi connectivity index (χ3v) is 1.81. The van der Waals surface area contributed by atoms with E-state index in [0.717, 1.165) is 0 Å². The fraction of sp³-hybridized carbons (Fsp3) is 0.500. The molecule has 0 aliphatic heterocycles. The normalized spacial score (nSPS) is 13.5. The number of aliphatic hydroxyl groups is 2. The number of ether oxygens (including phenoxy) is 1. The summed E-state index contributed by atoms with van der Waals surface area (Å²) >= 11 is 0. The Balaban J connectivity index is 4.13. The lowest BCUT2D eigenvalue weighted by Gasteiger charge is -2.12. The molecule has 2 N–H and O–H groups in total. The number of rotatable bonds is 9. The van der Waals surface area contributed by atoms with Crippen LogP contribution in [-0.2, 0) is 4.74 Å². The molecule has 1 atom stereocenters. The van der Waals surface area contributed by atoms with Crippen molar-refractivity contribution in [1.82, 2.24) is 0 Å². The van der Waals surface area contributed by atoms with Crippen molar-refractivity contribution < 1.29 is 14.9 Å². The third kappa shape index (κ3) is 7.97. The van der Waals surface area contributed by atoms with Gasteiger partial charge in [0.15, 0.2) is 0 Å². The molecule has 0 spiro atoms. The molecule has 0 aliphatic carbocycles. The second kappa shape index (κ2) is 9.49. The van der Waals surface area contributed by atoms with E-state index in [2.05, 4.69) is 13.2 Å². The SMILES string of the molecule is C=CCOC(C=C(O)CC=C)CCCO. The highest BCUT2D eigenvalue weighted by molar-refractivity contribution is 5.00. The smallest absolute Gasteiger partial charge is 0.0946 e. The highest BCUT2D eigenvalue weighted by atomic mass is 16.5. The Morgan fingerprint density at radius 1 is 1.33 bits per heavy atom. The number of hydrogen-bond acceptors (Lipinski definition) is 3. The van der Waals surface area contributed by atoms with E-state index in [9.17, 15) is 5.11 Å². The highest BCUT2D eigenvalue weighted by Gasteiger charge is 2.05. The van der Waals surface area contributed by atoms with Gasteiger partial charge in [0.25, 0.3) is 0 Å². The van der Waals surface area contributed by atoms with Crippen LogP contribution in [0.2, 0.25) is 0 Å². The molecule has 0 saturated carbocycles. The van der Waals surface area contributed by atoms with Crippen LogP contribution in [0, 0.1) is 0 Å². The van der Waals surface area contributed by atoms with E-state index in [1.165, 1.54) is 0 Å². The number of hydrogen-bond donors (Lipinski definition) is 2. The standard InChI is InChI=1S/C12H20O3/c1-3-6-11(14)10-12(7-5-8-13)15-9-4-2/h3-4,10,12-14H,1-2,5-9H2. The maximum Gasteiger partial charge on any atom is 0.0946 e. The summed E-state index contributed by atoms with van der Waals surface area (Å²) in [5, 5.41) is 18.1. The summed E-state index contributed by atoms with van der Waals surface area (Å²) in [7, 11) is 0. The van der Waals surface area contributed by atoms with Crippen LogP contribution in [0.15, 0.2) is 37.1 Å². The van der Waals surface area contributed by atoms with Crippen LogP contribution in [0.3, 0.4) is 0 Å². The molecule has 0 aromatic rings. The Morgan fingerprint density at radius 2 is 2.07 bits per heavy atom. The zero-order chi connectivity index (χ0) is 11.5. The van der Waals surface area contributed by atoms with Gasteiger partial charge < -0.3 is 14.9 Å². The molecule has 0 saturated heterocycles. The first-order valence-corrected chi connectivity index (χ1v) is 5.08. The predicted molar refractivity (Wildman–Crippen MR) is 61.8 cm³/mol. The molecule has 3 nitrogen and oxygen atoms in total. The van der Waals surface area contributed by atoms with Crippen LogP contribution in [0.4, 0.5) is 0 Å². The monoisotopic (exact) mass is 212 g/mol. The van der Waals surface area contributed by atoms with Crippen LogP contribution in [-0.4, -0.2) is 29.5 Å². The minimum atomic E-state index is -0.171. The van der Waals surface area contributed by atoms with Gasteiger partial charge in [-0.3, -0.25) is 0 Å². The van der Waals surface area contributed by atoms with Gasteiger partial charge in [-0.15, -0.1) is 13.2 Å². The van der Waals surface area contributed by atoms with Crippen LogP contribution >= 0.6 is 0 Å². The number of aliphatic hydroxyl groups excluding tert-OH is 2. The van der Waals surface area contributed by atoms with Gasteiger partial charge in [0.1, 0.15) is 0 Å². The molecule has 86 valence electrons. The molecular weight excluding hydrogens is 192 g/mol. The predicted octanol–water partition coefficient (Wildman–Crippen LogP) is 2.35. The van der Waals surface area contributed by atoms with Gasteiger partial charge in [0, 0.05) is 13.0 Å². The first-order chi connectivity index (χ1) is 7.24. The zero-order valence-corrected chi connectivity index (χ0v) is 9.06. The van der Waals surface area contributed by atoms with Gasteiger partial charge in [0.2, 0.25) is 0 Å². The van der Waals surface area contributed by atoms with Crippen molar-refractivity contribution in [2.24, 2.45) is 0 Å². The fourth-order valence-corrected chi connectivity index (χ4v) is 1.13. The van der Waals surface area contributed by atoms with Crippen LogP contribution in [0.5, 0.6) is 0 Å². The van der Waals surface area contributed by atoms with Gasteiger partial charge in [0.05, 0.1) is 18.5 Å². The summed E-state index contributed by atoms with van der Waals surface area (Å²) in [4.78, 5) is 0. The van der Waals surface area contributed by atoms with Crippen molar-refractivity contribution in [1.29, 1.82) is 0 Å². The minimum Gasteiger partial charge on any atom is -0.512 e. The van der Waals surface area contributed by atoms with Crippen molar-refractivity contribution in [3.8, 4) is 0 Å². The molecule has 0 rings (SSSR count). The second-order valence-electron chi connectivity index (χ2n) is 3.18. The van der Waals surface area contributed by atoms with Crippen LogP contribution in [0.1, 0.15) is 19.3 Å². The lowest BCUT2D eigenvalue weighted by atomic mass is 10.1. The Kier molecular flexibility index (Phi) is 8.82. The van der Waals surface area contributed by atoms with Gasteiger partial charge in [-0.25, -0.2) is 0 Å². The Hall–Kier alpha value is -1.06. The zero-order valence-electron chi connectivity index (χ0n) is 9.06. The van der Waals surface area contributed by atoms with Crippen molar-refractivity contribution in [3.05, 3.63) is 37.1 Å². The lowest BCUT2D eigenvalue weighted by Crippen LogP contribution is -2.11. The third-order valence-electron chi connectivity index (χ3n) is 1.81. The molecule has 0 fully saturated rings. The summed E-state index contributed by atoms with van der Waals surface area (Å²) in [5.41, 5.74) is 0. The Bertz CT molecular complexity index is 209. The summed E-state index contributed by atoms with van der Waals surface area (Å²) in [6, 6.07) is 0. The summed E-state index contributed by atoms with van der Waals surface area (Å²) in [6.07, 6.45) is 6.54. The van der Waals surface area contributed by atoms with E-state index in [-0.39, 0.29) is 18.5 Å². The van der Waals surface area contributed by atoms with E-state index < -0.39 is 0 Å². The lowest BCUT2D eigenvalue weighted by molar-refractivity contribution is 0.0932. The molecule has 0 aromatic heterocycles. The largest absolute Gasteiger partial charge is 0.512 e. The van der Waals surface area contributed by atoms with E-state index in [1.54, 1.807) is 18.2 Å². The maximum atomic E-state index is 9.44. The summed E-state index contributed by atoms with van der Waals surface area (Å²) in [5.74, 6) is 0.247. The van der Waals surface area contributed by atoms with Crippen molar-refractivity contribution in [3.63, 3.8) is 0 Å². The molecular formula is C12H20O3. The summed E-state index contributed by atoms with van der Waals surface area (Å²) < 4.78 is 5.41. The van der Waals surface area contributed by atoms with Crippen LogP contribution in [0.25, 0.3) is 0 Å². The van der Waals surface area contributed by atoms with Gasteiger partial charge in [-0.2, -0.15) is 0 Å². The van der Waals surface area contributed by atoms with Crippen molar-refractivity contribution in [2.45, 2.75) is 25.4 Å². The fourth-order valence-electron chi connectivity index (χ4n) is 1.13. The van der Waals surface area contributed by atoms with E-state index in [1.807, 2.05) is 0 Å². The molecule has 0 radical (unpaired) electrons.